The van der Waals surface area contributed by atoms with Crippen molar-refractivity contribution in [1.82, 2.24) is 5.32 Å². The second-order valence-electron chi connectivity index (χ2n) is 4.41. The van der Waals surface area contributed by atoms with Gasteiger partial charge in [0.25, 0.3) is 0 Å². The Balaban J connectivity index is 4.06. The van der Waals surface area contributed by atoms with Gasteiger partial charge in [-0.3, -0.25) is 5.32 Å². The molecule has 0 spiro atoms. The van der Waals surface area contributed by atoms with Gasteiger partial charge in [-0.05, 0) is 34.1 Å². The monoisotopic (exact) mass is 202 g/mol. The third-order valence-electron chi connectivity index (χ3n) is 1.40. The van der Waals surface area contributed by atoms with Crippen molar-refractivity contribution in [2.45, 2.75) is 51.9 Å². The molecule has 0 aromatic carbocycles. The average molecular weight is 202 g/mol. The van der Waals surface area contributed by atoms with Gasteiger partial charge < -0.3 is 9.84 Å². The molecule has 0 saturated heterocycles. The molecule has 0 aliphatic rings. The van der Waals surface area contributed by atoms with Crippen LogP contribution in [0, 0.1) is 6.92 Å². The molecule has 0 aromatic heterocycles. The van der Waals surface area contributed by atoms with E-state index in [1.807, 2.05) is 6.92 Å². The van der Waals surface area contributed by atoms with Crippen LogP contribution in [-0.4, -0.2) is 22.5 Å². The standard InChI is InChI=1S/C10H20NO3/c1-6-7-10(5,13)11-8(12)14-9(2,3)4/h13H,5-7H2,1-4H3,(H,11,12). The summed E-state index contributed by atoms with van der Waals surface area (Å²) >= 11 is 0. The molecule has 0 aliphatic carbocycles. The number of alkyl carbamates (subject to hydrolysis) is 1. The number of amides is 1. The van der Waals surface area contributed by atoms with Gasteiger partial charge >= 0.3 is 6.09 Å². The van der Waals surface area contributed by atoms with Crippen LogP contribution in [0.2, 0.25) is 0 Å². The van der Waals surface area contributed by atoms with E-state index in [1.54, 1.807) is 20.8 Å². The summed E-state index contributed by atoms with van der Waals surface area (Å²) in [6, 6.07) is 0. The fourth-order valence-electron chi connectivity index (χ4n) is 0.970. The topological polar surface area (TPSA) is 58.6 Å². The molecular formula is C10H20NO3. The van der Waals surface area contributed by atoms with Gasteiger partial charge in [0.15, 0.2) is 0 Å². The maximum Gasteiger partial charge on any atom is 0.409 e. The number of carbonyl (C=O) groups excluding carboxylic acids is 1. The van der Waals surface area contributed by atoms with Gasteiger partial charge in [0.05, 0.1) is 0 Å². The highest BCUT2D eigenvalue weighted by Crippen LogP contribution is 2.11. The number of nitrogens with one attached hydrogen (secondary N) is 1. The first-order valence-electron chi connectivity index (χ1n) is 4.75. The zero-order valence-electron chi connectivity index (χ0n) is 9.39. The van der Waals surface area contributed by atoms with Crippen LogP contribution in [0.15, 0.2) is 0 Å². The van der Waals surface area contributed by atoms with E-state index < -0.39 is 17.4 Å². The lowest BCUT2D eigenvalue weighted by Crippen LogP contribution is -2.48. The average Bonchev–Trinajstić information content (AvgIpc) is 1.78. The van der Waals surface area contributed by atoms with Crippen molar-refractivity contribution in [1.29, 1.82) is 0 Å². The lowest BCUT2D eigenvalue weighted by Gasteiger charge is -2.26. The van der Waals surface area contributed by atoms with Gasteiger partial charge in [0, 0.05) is 0 Å². The van der Waals surface area contributed by atoms with E-state index in [1.165, 1.54) is 0 Å². The lowest BCUT2D eigenvalue weighted by molar-refractivity contribution is 0.00719. The number of hydrogen-bond acceptors (Lipinski definition) is 3. The zero-order valence-corrected chi connectivity index (χ0v) is 9.39. The predicted octanol–water partition coefficient (Wildman–Crippen LogP) is 1.83. The third-order valence-corrected chi connectivity index (χ3v) is 1.40. The molecule has 1 radical (unpaired) electrons. The summed E-state index contributed by atoms with van der Waals surface area (Å²) < 4.78 is 4.97. The summed E-state index contributed by atoms with van der Waals surface area (Å²) in [5.74, 6) is 0. The molecule has 1 unspecified atom stereocenters. The summed E-state index contributed by atoms with van der Waals surface area (Å²) in [6.45, 7) is 10.6. The van der Waals surface area contributed by atoms with E-state index in [0.29, 0.717) is 6.42 Å². The Morgan fingerprint density at radius 3 is 2.36 bits per heavy atom. The Kier molecular flexibility index (Phi) is 4.39. The number of rotatable bonds is 3. The highest BCUT2D eigenvalue weighted by Gasteiger charge is 2.25. The quantitative estimate of drug-likeness (QED) is 0.686. The van der Waals surface area contributed by atoms with Crippen molar-refractivity contribution in [3.8, 4) is 0 Å². The summed E-state index contributed by atoms with van der Waals surface area (Å²) in [5, 5.41) is 11.9. The summed E-state index contributed by atoms with van der Waals surface area (Å²) in [5.41, 5.74) is -2.00. The molecule has 0 rings (SSSR count). The summed E-state index contributed by atoms with van der Waals surface area (Å²) in [4.78, 5) is 11.2. The van der Waals surface area contributed by atoms with Crippen LogP contribution in [0.5, 0.6) is 0 Å². The van der Waals surface area contributed by atoms with Gasteiger partial charge in [-0.15, -0.1) is 0 Å². The van der Waals surface area contributed by atoms with Crippen LogP contribution in [0.3, 0.4) is 0 Å². The molecule has 0 aromatic rings. The summed E-state index contributed by atoms with van der Waals surface area (Å²) in [7, 11) is 0. The van der Waals surface area contributed by atoms with Gasteiger partial charge in [-0.1, -0.05) is 13.3 Å². The molecule has 0 heterocycles. The van der Waals surface area contributed by atoms with E-state index in [-0.39, 0.29) is 0 Å². The highest BCUT2D eigenvalue weighted by atomic mass is 16.6. The zero-order chi connectivity index (χ0) is 11.4. The van der Waals surface area contributed by atoms with Crippen LogP contribution in [0.4, 0.5) is 4.79 Å². The number of hydrogen-bond donors (Lipinski definition) is 2. The molecule has 4 nitrogen and oxygen atoms in total. The summed E-state index contributed by atoms with van der Waals surface area (Å²) in [6.07, 6.45) is 0.477. The van der Waals surface area contributed by atoms with Crippen molar-refractivity contribution in [3.05, 3.63) is 6.92 Å². The fraction of sp³-hybridized carbons (Fsp3) is 0.800. The van der Waals surface area contributed by atoms with Crippen LogP contribution >= 0.6 is 0 Å². The largest absolute Gasteiger partial charge is 0.444 e. The van der Waals surface area contributed by atoms with Crippen LogP contribution in [0.25, 0.3) is 0 Å². The normalized spacial score (nSPS) is 15.9. The Morgan fingerprint density at radius 1 is 1.50 bits per heavy atom. The van der Waals surface area contributed by atoms with Crippen LogP contribution < -0.4 is 5.32 Å². The third kappa shape index (κ3) is 6.71. The van der Waals surface area contributed by atoms with Crippen molar-refractivity contribution in [2.75, 3.05) is 0 Å². The van der Waals surface area contributed by atoms with Gasteiger partial charge in [0.2, 0.25) is 0 Å². The maximum absolute atomic E-state index is 11.2. The van der Waals surface area contributed by atoms with E-state index >= 15 is 0 Å². The second-order valence-corrected chi connectivity index (χ2v) is 4.41. The van der Waals surface area contributed by atoms with Crippen LogP contribution in [-0.2, 0) is 4.74 Å². The smallest absolute Gasteiger partial charge is 0.409 e. The lowest BCUT2D eigenvalue weighted by atomic mass is 10.1. The molecule has 0 aliphatic heterocycles. The minimum absolute atomic E-state index is 0.395. The first-order chi connectivity index (χ1) is 6.16. The first-order valence-corrected chi connectivity index (χ1v) is 4.75. The Labute approximate surface area is 85.6 Å². The molecule has 0 fully saturated rings. The second kappa shape index (κ2) is 4.64. The van der Waals surface area contributed by atoms with E-state index in [9.17, 15) is 9.90 Å². The van der Waals surface area contributed by atoms with Crippen molar-refractivity contribution < 1.29 is 14.6 Å². The molecule has 0 bridgehead atoms. The molecule has 0 saturated carbocycles. The predicted molar refractivity (Wildman–Crippen MR) is 54.6 cm³/mol. The number of ether oxygens (including phenoxy) is 1. The van der Waals surface area contributed by atoms with Gasteiger partial charge in [-0.2, -0.15) is 0 Å². The van der Waals surface area contributed by atoms with Crippen LogP contribution in [0.1, 0.15) is 40.5 Å². The molecule has 1 atom stereocenters. The van der Waals surface area contributed by atoms with E-state index in [4.69, 9.17) is 4.74 Å². The van der Waals surface area contributed by atoms with Crippen molar-refractivity contribution in [3.63, 3.8) is 0 Å². The van der Waals surface area contributed by atoms with Crippen molar-refractivity contribution >= 4 is 6.09 Å². The Bertz CT molecular complexity index is 194. The van der Waals surface area contributed by atoms with E-state index in [0.717, 1.165) is 6.42 Å². The molecule has 1 amide bonds. The molecule has 14 heavy (non-hydrogen) atoms. The van der Waals surface area contributed by atoms with Crippen molar-refractivity contribution in [2.24, 2.45) is 0 Å². The number of aliphatic hydroxyl groups is 1. The van der Waals surface area contributed by atoms with Gasteiger partial charge in [-0.25, -0.2) is 4.79 Å². The highest BCUT2D eigenvalue weighted by molar-refractivity contribution is 5.68. The maximum atomic E-state index is 11.2. The fourth-order valence-corrected chi connectivity index (χ4v) is 0.970. The SMILES string of the molecule is [CH2]C(O)(CCC)NC(=O)OC(C)(C)C. The minimum atomic E-state index is -1.43. The molecular weight excluding hydrogens is 182 g/mol. The molecule has 83 valence electrons. The Hall–Kier alpha value is -0.770. The minimum Gasteiger partial charge on any atom is -0.444 e. The molecule has 2 N–H and O–H groups in total. The number of carbonyl (C=O) groups is 1. The van der Waals surface area contributed by atoms with Gasteiger partial charge in [0.1, 0.15) is 11.3 Å². The van der Waals surface area contributed by atoms with E-state index in [2.05, 4.69) is 12.2 Å². The Morgan fingerprint density at radius 2 is 2.00 bits per heavy atom. The first kappa shape index (κ1) is 13.2. The molecule has 4 heteroatoms.